The van der Waals surface area contributed by atoms with Crippen LogP contribution in [0.25, 0.3) is 0 Å². The van der Waals surface area contributed by atoms with Gasteiger partial charge in [-0.1, -0.05) is 60.7 Å². The molecule has 0 saturated carbocycles. The second-order valence-electron chi connectivity index (χ2n) is 7.36. The minimum Gasteiger partial charge on any atom is -0.490 e. The Labute approximate surface area is 183 Å². The average molecular weight is 418 g/mol. The van der Waals surface area contributed by atoms with E-state index < -0.39 is 0 Å². The fraction of sp³-hybridized carbons (Fsp3) is 0.269. The molecule has 1 saturated heterocycles. The highest BCUT2D eigenvalue weighted by molar-refractivity contribution is 5.94. The molecule has 31 heavy (non-hydrogen) atoms. The molecular weight excluding hydrogens is 390 g/mol. The van der Waals surface area contributed by atoms with E-state index in [9.17, 15) is 4.79 Å². The van der Waals surface area contributed by atoms with Crippen LogP contribution in [-0.4, -0.2) is 43.2 Å². The van der Waals surface area contributed by atoms with Gasteiger partial charge >= 0.3 is 0 Å². The first-order chi connectivity index (χ1) is 15.3. The third-order valence-corrected chi connectivity index (χ3v) is 5.27. The summed E-state index contributed by atoms with van der Waals surface area (Å²) in [4.78, 5) is 14.9. The average Bonchev–Trinajstić information content (AvgIpc) is 2.84. The molecule has 4 rings (SSSR count). The standard InChI is InChI=1S/C26H27NO4/c1-2-29-22-15-9-10-16-23(22)31-25(20-11-5-3-6-12-20)24-19-27(17-18-30-24)26(28)21-13-7-4-8-14-21/h3-16,24-25H,2,17-19H2,1H3/t24-,25-/m0/s1. The molecular formula is C26H27NO4. The quantitative estimate of drug-likeness (QED) is 0.557. The number of morpholine rings is 1. The number of carbonyl (C=O) groups excluding carboxylic acids is 1. The Morgan fingerprint density at radius 3 is 2.32 bits per heavy atom. The zero-order chi connectivity index (χ0) is 21.5. The third-order valence-electron chi connectivity index (χ3n) is 5.27. The summed E-state index contributed by atoms with van der Waals surface area (Å²) in [7, 11) is 0. The van der Waals surface area contributed by atoms with Crippen molar-refractivity contribution in [2.24, 2.45) is 0 Å². The Kier molecular flexibility index (Phi) is 6.85. The van der Waals surface area contributed by atoms with Gasteiger partial charge in [0.1, 0.15) is 6.10 Å². The lowest BCUT2D eigenvalue weighted by Gasteiger charge is -2.37. The number of carbonyl (C=O) groups is 1. The van der Waals surface area contributed by atoms with E-state index in [0.717, 1.165) is 5.56 Å². The first-order valence-electron chi connectivity index (χ1n) is 10.7. The molecule has 5 nitrogen and oxygen atoms in total. The van der Waals surface area contributed by atoms with Crippen molar-refractivity contribution >= 4 is 5.91 Å². The lowest BCUT2D eigenvalue weighted by atomic mass is 10.0. The molecule has 1 amide bonds. The SMILES string of the molecule is CCOc1ccccc1O[C@@H](c1ccccc1)[C@@H]1CN(C(=O)c2ccccc2)CCO1. The van der Waals surface area contributed by atoms with E-state index in [1.807, 2.05) is 96.8 Å². The molecule has 1 aliphatic rings. The Balaban J connectivity index is 1.59. The first-order valence-corrected chi connectivity index (χ1v) is 10.7. The van der Waals surface area contributed by atoms with Crippen LogP contribution in [0.5, 0.6) is 11.5 Å². The topological polar surface area (TPSA) is 48.0 Å². The van der Waals surface area contributed by atoms with Crippen molar-refractivity contribution in [3.8, 4) is 11.5 Å². The van der Waals surface area contributed by atoms with Crippen LogP contribution >= 0.6 is 0 Å². The zero-order valence-electron chi connectivity index (χ0n) is 17.6. The van der Waals surface area contributed by atoms with E-state index >= 15 is 0 Å². The Bertz CT molecular complexity index is 977. The van der Waals surface area contributed by atoms with Crippen LogP contribution in [-0.2, 0) is 4.74 Å². The van der Waals surface area contributed by atoms with Crippen molar-refractivity contribution in [3.63, 3.8) is 0 Å². The predicted molar refractivity (Wildman–Crippen MR) is 120 cm³/mol. The maximum atomic E-state index is 13.0. The molecule has 2 atom stereocenters. The maximum Gasteiger partial charge on any atom is 0.254 e. The molecule has 160 valence electrons. The van der Waals surface area contributed by atoms with Crippen molar-refractivity contribution in [2.45, 2.75) is 19.1 Å². The monoisotopic (exact) mass is 417 g/mol. The molecule has 0 spiro atoms. The van der Waals surface area contributed by atoms with Gasteiger partial charge in [0.15, 0.2) is 17.6 Å². The summed E-state index contributed by atoms with van der Waals surface area (Å²) in [5.41, 5.74) is 1.68. The second kappa shape index (κ2) is 10.1. The van der Waals surface area contributed by atoms with Gasteiger partial charge in [-0.25, -0.2) is 0 Å². The number of ether oxygens (including phenoxy) is 3. The van der Waals surface area contributed by atoms with Crippen LogP contribution in [0.1, 0.15) is 28.9 Å². The number of rotatable bonds is 7. The van der Waals surface area contributed by atoms with Crippen LogP contribution in [0.2, 0.25) is 0 Å². The van der Waals surface area contributed by atoms with E-state index in [1.54, 1.807) is 0 Å². The van der Waals surface area contributed by atoms with Gasteiger partial charge in [0.05, 0.1) is 19.8 Å². The summed E-state index contributed by atoms with van der Waals surface area (Å²) >= 11 is 0. The van der Waals surface area contributed by atoms with Gasteiger partial charge < -0.3 is 19.1 Å². The lowest BCUT2D eigenvalue weighted by molar-refractivity contribution is -0.0742. The minimum atomic E-state index is -0.380. The molecule has 1 aliphatic heterocycles. The number of hydrogen-bond acceptors (Lipinski definition) is 4. The predicted octanol–water partition coefficient (Wildman–Crippen LogP) is 4.75. The van der Waals surface area contributed by atoms with Gasteiger partial charge in [0.25, 0.3) is 5.91 Å². The van der Waals surface area contributed by atoms with E-state index in [1.165, 1.54) is 0 Å². The van der Waals surface area contributed by atoms with E-state index in [-0.39, 0.29) is 18.1 Å². The number of hydrogen-bond donors (Lipinski definition) is 0. The summed E-state index contributed by atoms with van der Waals surface area (Å²) in [6.45, 7) is 3.97. The van der Waals surface area contributed by atoms with Crippen LogP contribution < -0.4 is 9.47 Å². The van der Waals surface area contributed by atoms with Crippen molar-refractivity contribution < 1.29 is 19.0 Å². The number of para-hydroxylation sites is 2. The van der Waals surface area contributed by atoms with Crippen molar-refractivity contribution in [3.05, 3.63) is 96.1 Å². The highest BCUT2D eigenvalue weighted by Gasteiger charge is 2.33. The zero-order valence-corrected chi connectivity index (χ0v) is 17.6. The Hall–Kier alpha value is -3.31. The number of nitrogens with zero attached hydrogens (tertiary/aromatic N) is 1. The largest absolute Gasteiger partial charge is 0.490 e. The molecule has 1 heterocycles. The molecule has 0 N–H and O–H groups in total. The Morgan fingerprint density at radius 1 is 0.968 bits per heavy atom. The summed E-state index contributed by atoms with van der Waals surface area (Å²) in [5.74, 6) is 1.36. The fourth-order valence-electron chi connectivity index (χ4n) is 3.77. The molecule has 0 aliphatic carbocycles. The fourth-order valence-corrected chi connectivity index (χ4v) is 3.77. The van der Waals surface area contributed by atoms with Crippen molar-refractivity contribution in [1.29, 1.82) is 0 Å². The van der Waals surface area contributed by atoms with Gasteiger partial charge in [-0.05, 0) is 36.8 Å². The summed E-state index contributed by atoms with van der Waals surface area (Å²) in [5, 5.41) is 0. The van der Waals surface area contributed by atoms with Crippen LogP contribution in [0.3, 0.4) is 0 Å². The minimum absolute atomic E-state index is 0.00966. The van der Waals surface area contributed by atoms with E-state index in [2.05, 4.69) is 0 Å². The van der Waals surface area contributed by atoms with Crippen LogP contribution in [0, 0.1) is 0 Å². The highest BCUT2D eigenvalue weighted by Crippen LogP contribution is 2.34. The van der Waals surface area contributed by atoms with Crippen LogP contribution in [0.4, 0.5) is 0 Å². The molecule has 3 aromatic rings. The summed E-state index contributed by atoms with van der Waals surface area (Å²) in [6.07, 6.45) is -0.687. The first kappa shape index (κ1) is 20.9. The van der Waals surface area contributed by atoms with E-state index in [0.29, 0.717) is 43.4 Å². The van der Waals surface area contributed by atoms with Crippen molar-refractivity contribution in [2.75, 3.05) is 26.3 Å². The highest BCUT2D eigenvalue weighted by atomic mass is 16.6. The third kappa shape index (κ3) is 5.06. The Morgan fingerprint density at radius 2 is 1.61 bits per heavy atom. The molecule has 3 aromatic carbocycles. The summed E-state index contributed by atoms with van der Waals surface area (Å²) in [6, 6.07) is 27.0. The van der Waals surface area contributed by atoms with Crippen LogP contribution in [0.15, 0.2) is 84.9 Å². The van der Waals surface area contributed by atoms with Gasteiger partial charge in [0, 0.05) is 12.1 Å². The van der Waals surface area contributed by atoms with Gasteiger partial charge in [-0.2, -0.15) is 0 Å². The molecule has 0 aromatic heterocycles. The molecule has 1 fully saturated rings. The number of benzene rings is 3. The van der Waals surface area contributed by atoms with E-state index in [4.69, 9.17) is 14.2 Å². The maximum absolute atomic E-state index is 13.0. The smallest absolute Gasteiger partial charge is 0.254 e. The molecule has 0 bridgehead atoms. The molecule has 0 unspecified atom stereocenters. The molecule has 0 radical (unpaired) electrons. The van der Waals surface area contributed by atoms with Gasteiger partial charge in [-0.3, -0.25) is 4.79 Å². The normalized spacial score (nSPS) is 17.1. The summed E-state index contributed by atoms with van der Waals surface area (Å²) < 4.78 is 18.3. The lowest BCUT2D eigenvalue weighted by Crippen LogP contribution is -2.48. The van der Waals surface area contributed by atoms with Gasteiger partial charge in [0.2, 0.25) is 0 Å². The van der Waals surface area contributed by atoms with Crippen molar-refractivity contribution in [1.82, 2.24) is 4.90 Å². The van der Waals surface area contributed by atoms with Gasteiger partial charge in [-0.15, -0.1) is 0 Å². The second-order valence-corrected chi connectivity index (χ2v) is 7.36. The number of amides is 1. The molecule has 5 heteroatoms.